The minimum Gasteiger partial charge on any atom is -0.457 e. The third-order valence-electron chi connectivity index (χ3n) is 13.2. The highest BCUT2D eigenvalue weighted by atomic mass is 32.3. The Morgan fingerprint density at radius 3 is 1.42 bits per heavy atom. The van der Waals surface area contributed by atoms with E-state index in [0.717, 1.165) is 70.6 Å². The Kier molecular flexibility index (Phi) is 46.3. The van der Waals surface area contributed by atoms with E-state index in [2.05, 4.69) is 66.6 Å². The van der Waals surface area contributed by atoms with Gasteiger partial charge in [-0.1, -0.05) is 242 Å². The normalized spacial score (nSPS) is 19.3. The molecule has 0 saturated carbocycles. The van der Waals surface area contributed by atoms with Crippen LogP contribution in [0.5, 0.6) is 0 Å². The first-order valence-electron chi connectivity index (χ1n) is 28.9. The fourth-order valence-corrected chi connectivity index (χ4v) is 9.41. The number of ether oxygens (including phenoxy) is 4. The molecule has 12 nitrogen and oxygen atoms in total. The van der Waals surface area contributed by atoms with Crippen LogP contribution in [-0.4, -0.2) is 97.5 Å². The number of aliphatic hydroxyl groups is 3. The molecule has 1 aliphatic rings. The number of hydrogen-bond acceptors (Lipinski definition) is 11. The lowest BCUT2D eigenvalue weighted by molar-refractivity contribution is -0.301. The van der Waals surface area contributed by atoms with Crippen molar-refractivity contribution in [3.8, 4) is 0 Å². The van der Waals surface area contributed by atoms with Gasteiger partial charge in [0.15, 0.2) is 6.29 Å². The van der Waals surface area contributed by atoms with Crippen molar-refractivity contribution < 1.29 is 56.2 Å². The van der Waals surface area contributed by atoms with E-state index in [-0.39, 0.29) is 19.6 Å². The minimum absolute atomic E-state index is 0.0360. The SMILES string of the molecule is CC/C=C\C/C=C\C/C=C\C/C=C\CCCCCCCCCCCCCOCC(COC1OC(CO)C(O)C(OS(=O)(=O)O)C1O)OC(=O)CCCCCCCCCCCCCCCCCCCCCC. The third kappa shape index (κ3) is 42.0. The number of esters is 1. The maximum absolute atomic E-state index is 13.0. The summed E-state index contributed by atoms with van der Waals surface area (Å²) in [6.45, 7) is 3.92. The van der Waals surface area contributed by atoms with E-state index < -0.39 is 59.8 Å². The number of aliphatic hydroxyl groups excluding tert-OH is 3. The molecule has 13 heteroatoms. The van der Waals surface area contributed by atoms with Crippen LogP contribution in [0, 0.1) is 0 Å². The molecule has 416 valence electrons. The quantitative estimate of drug-likeness (QED) is 0.0196. The molecular weight excluding hydrogens is 921 g/mol. The lowest BCUT2D eigenvalue weighted by Crippen LogP contribution is -2.60. The second-order valence-corrected chi connectivity index (χ2v) is 20.9. The largest absolute Gasteiger partial charge is 0.457 e. The molecule has 0 aromatic rings. The van der Waals surface area contributed by atoms with Crippen molar-refractivity contribution in [3.63, 3.8) is 0 Å². The lowest BCUT2D eigenvalue weighted by Gasteiger charge is -2.41. The fourth-order valence-electron chi connectivity index (χ4n) is 8.90. The van der Waals surface area contributed by atoms with Crippen LogP contribution in [0.1, 0.15) is 251 Å². The fraction of sp³-hybridized carbons (Fsp3) is 0.845. The summed E-state index contributed by atoms with van der Waals surface area (Å²) in [4.78, 5) is 13.0. The number of carbonyl (C=O) groups is 1. The molecule has 4 N–H and O–H groups in total. The van der Waals surface area contributed by atoms with Crippen molar-refractivity contribution in [2.45, 2.75) is 288 Å². The molecule has 0 aliphatic carbocycles. The van der Waals surface area contributed by atoms with Crippen LogP contribution in [0.15, 0.2) is 48.6 Å². The van der Waals surface area contributed by atoms with Gasteiger partial charge in [-0.2, -0.15) is 8.42 Å². The number of hydrogen-bond donors (Lipinski definition) is 4. The molecule has 1 rings (SSSR count). The first kappa shape index (κ1) is 67.1. The van der Waals surface area contributed by atoms with Crippen molar-refractivity contribution >= 4 is 16.4 Å². The molecule has 71 heavy (non-hydrogen) atoms. The van der Waals surface area contributed by atoms with Crippen molar-refractivity contribution in [2.75, 3.05) is 26.4 Å². The van der Waals surface area contributed by atoms with Gasteiger partial charge in [0.05, 0.1) is 19.8 Å². The highest BCUT2D eigenvalue weighted by molar-refractivity contribution is 7.80. The molecule has 0 amide bonds. The van der Waals surface area contributed by atoms with Crippen molar-refractivity contribution in [2.24, 2.45) is 0 Å². The van der Waals surface area contributed by atoms with Gasteiger partial charge in [-0.3, -0.25) is 9.35 Å². The van der Waals surface area contributed by atoms with Gasteiger partial charge in [-0.05, 0) is 51.4 Å². The molecule has 6 atom stereocenters. The summed E-state index contributed by atoms with van der Waals surface area (Å²) < 4.78 is 59.4. The molecule has 6 unspecified atom stereocenters. The Balaban J connectivity index is 2.29. The Morgan fingerprint density at radius 2 is 0.972 bits per heavy atom. The molecule has 0 spiro atoms. The van der Waals surface area contributed by atoms with E-state index in [9.17, 15) is 33.1 Å². The minimum atomic E-state index is -5.07. The van der Waals surface area contributed by atoms with E-state index in [1.807, 2.05) is 0 Å². The molecular formula is C58H106O12S. The molecule has 1 fully saturated rings. The first-order valence-corrected chi connectivity index (χ1v) is 30.3. The maximum atomic E-state index is 13.0. The van der Waals surface area contributed by atoms with Crippen molar-refractivity contribution in [3.05, 3.63) is 48.6 Å². The molecule has 0 aromatic heterocycles. The summed E-state index contributed by atoms with van der Waals surface area (Å²) in [7, 11) is -5.07. The topological polar surface area (TPSA) is 178 Å². The summed E-state index contributed by atoms with van der Waals surface area (Å²) in [5.74, 6) is -0.396. The molecule has 0 aromatic carbocycles. The van der Waals surface area contributed by atoms with Gasteiger partial charge in [0.25, 0.3) is 0 Å². The van der Waals surface area contributed by atoms with Crippen LogP contribution in [0.4, 0.5) is 0 Å². The van der Waals surface area contributed by atoms with Crippen LogP contribution < -0.4 is 0 Å². The van der Waals surface area contributed by atoms with Crippen LogP contribution in [0.3, 0.4) is 0 Å². The summed E-state index contributed by atoms with van der Waals surface area (Å²) in [6.07, 6.45) is 52.9. The van der Waals surface area contributed by atoms with Crippen molar-refractivity contribution in [1.82, 2.24) is 0 Å². The number of allylic oxidation sites excluding steroid dienone is 8. The van der Waals surface area contributed by atoms with Crippen LogP contribution in [0.25, 0.3) is 0 Å². The molecule has 1 aliphatic heterocycles. The van der Waals surface area contributed by atoms with Gasteiger partial charge in [0.1, 0.15) is 30.5 Å². The van der Waals surface area contributed by atoms with Gasteiger partial charge in [-0.15, -0.1) is 0 Å². The maximum Gasteiger partial charge on any atom is 0.397 e. The van der Waals surface area contributed by atoms with E-state index in [1.54, 1.807) is 0 Å². The second-order valence-electron chi connectivity index (χ2n) is 19.9. The highest BCUT2D eigenvalue weighted by Crippen LogP contribution is 2.26. The number of unbranched alkanes of at least 4 members (excludes halogenated alkanes) is 30. The van der Waals surface area contributed by atoms with E-state index in [1.165, 1.54) is 154 Å². The van der Waals surface area contributed by atoms with Crippen LogP contribution in [0.2, 0.25) is 0 Å². The smallest absolute Gasteiger partial charge is 0.397 e. The van der Waals surface area contributed by atoms with Gasteiger partial charge < -0.3 is 34.3 Å². The molecule has 0 radical (unpaired) electrons. The molecule has 0 bridgehead atoms. The van der Waals surface area contributed by atoms with Crippen LogP contribution in [-0.2, 0) is 38.3 Å². The van der Waals surface area contributed by atoms with E-state index in [4.69, 9.17) is 18.9 Å². The van der Waals surface area contributed by atoms with Gasteiger partial charge in [0.2, 0.25) is 0 Å². The standard InChI is InChI=1S/C58H106O12S/c1-3-5-7-9-11-13-15-17-19-21-23-25-26-27-28-30-32-34-36-38-40-42-44-46-48-66-50-52(51-67-58-56(62)57(70-71(63,64)65)55(61)53(49-59)69-58)68-54(60)47-45-43-41-39-37-35-33-31-29-24-22-20-18-16-14-12-10-8-6-4-2/h5,7,11,13,17,19,23,25,52-53,55-59,61-62H,3-4,6,8-10,12,14-16,18,20-22,24,26-51H2,1-2H3,(H,63,64,65)/b7-5-,13-11-,19-17-,25-23-. The zero-order valence-electron chi connectivity index (χ0n) is 45.0. The molecule has 1 heterocycles. The van der Waals surface area contributed by atoms with Crippen LogP contribution >= 0.6 is 0 Å². The Morgan fingerprint density at radius 1 is 0.549 bits per heavy atom. The highest BCUT2D eigenvalue weighted by Gasteiger charge is 2.48. The van der Waals surface area contributed by atoms with Gasteiger partial charge >= 0.3 is 16.4 Å². The average Bonchev–Trinajstić information content (AvgIpc) is 3.35. The second kappa shape index (κ2) is 49.0. The number of rotatable bonds is 51. The van der Waals surface area contributed by atoms with Gasteiger partial charge in [0, 0.05) is 13.0 Å². The van der Waals surface area contributed by atoms with E-state index >= 15 is 0 Å². The summed E-state index contributed by atoms with van der Waals surface area (Å²) in [6, 6.07) is 0. The zero-order valence-corrected chi connectivity index (χ0v) is 45.9. The summed E-state index contributed by atoms with van der Waals surface area (Å²) in [5.41, 5.74) is 0. The average molecular weight is 1030 g/mol. The predicted molar refractivity (Wildman–Crippen MR) is 290 cm³/mol. The monoisotopic (exact) mass is 1030 g/mol. The van der Waals surface area contributed by atoms with Gasteiger partial charge in [-0.25, -0.2) is 4.18 Å². The zero-order chi connectivity index (χ0) is 51.7. The number of carbonyl (C=O) groups excluding carboxylic acids is 1. The first-order chi connectivity index (χ1) is 34.6. The Hall–Kier alpha value is -1.94. The van der Waals surface area contributed by atoms with E-state index in [0.29, 0.717) is 13.0 Å². The lowest BCUT2D eigenvalue weighted by atomic mass is 9.99. The Bertz CT molecular complexity index is 1420. The predicted octanol–water partition coefficient (Wildman–Crippen LogP) is 14.3. The molecule has 1 saturated heterocycles. The summed E-state index contributed by atoms with van der Waals surface area (Å²) >= 11 is 0. The van der Waals surface area contributed by atoms with Crippen molar-refractivity contribution in [1.29, 1.82) is 0 Å². The Labute approximate surface area is 434 Å². The summed E-state index contributed by atoms with van der Waals surface area (Å²) in [5, 5.41) is 30.8. The third-order valence-corrected chi connectivity index (χ3v) is 13.7.